The summed E-state index contributed by atoms with van der Waals surface area (Å²) in [4.78, 5) is 21.7. The molecule has 1 amide bonds. The van der Waals surface area contributed by atoms with Gasteiger partial charge in [-0.2, -0.15) is 5.10 Å². The molecule has 0 saturated carbocycles. The SMILES string of the molecule is CCCn1nccc1C(=O)N1CCCN(Cc2csc(C)n2)CC1. The Hall–Kier alpha value is -1.73. The van der Waals surface area contributed by atoms with Gasteiger partial charge in [-0.25, -0.2) is 4.98 Å². The molecular formula is C17H25N5OS. The van der Waals surface area contributed by atoms with Crippen LogP contribution in [-0.2, 0) is 13.1 Å². The quantitative estimate of drug-likeness (QED) is 0.833. The van der Waals surface area contributed by atoms with Gasteiger partial charge in [0, 0.05) is 50.8 Å². The third-order valence-electron chi connectivity index (χ3n) is 4.30. The summed E-state index contributed by atoms with van der Waals surface area (Å²) in [5.74, 6) is 0.104. The first-order chi connectivity index (χ1) is 11.7. The van der Waals surface area contributed by atoms with E-state index < -0.39 is 0 Å². The summed E-state index contributed by atoms with van der Waals surface area (Å²) < 4.78 is 1.82. The van der Waals surface area contributed by atoms with Gasteiger partial charge < -0.3 is 4.90 Å². The van der Waals surface area contributed by atoms with Gasteiger partial charge in [0.25, 0.3) is 5.91 Å². The molecular weight excluding hydrogens is 322 g/mol. The average Bonchev–Trinajstić information content (AvgIpc) is 3.12. The Morgan fingerprint density at radius 1 is 1.29 bits per heavy atom. The predicted octanol–water partition coefficient (Wildman–Crippen LogP) is 2.41. The fourth-order valence-electron chi connectivity index (χ4n) is 3.11. The number of hydrogen-bond donors (Lipinski definition) is 0. The summed E-state index contributed by atoms with van der Waals surface area (Å²) >= 11 is 1.70. The highest BCUT2D eigenvalue weighted by Gasteiger charge is 2.23. The molecule has 0 unspecified atom stereocenters. The number of aromatic nitrogens is 3. The normalized spacial score (nSPS) is 16.3. The highest BCUT2D eigenvalue weighted by atomic mass is 32.1. The first kappa shape index (κ1) is 17.1. The summed E-state index contributed by atoms with van der Waals surface area (Å²) in [5.41, 5.74) is 1.85. The maximum Gasteiger partial charge on any atom is 0.272 e. The molecule has 6 nitrogen and oxygen atoms in total. The average molecular weight is 347 g/mol. The van der Waals surface area contributed by atoms with E-state index in [1.165, 1.54) is 0 Å². The molecule has 0 N–H and O–H groups in total. The van der Waals surface area contributed by atoms with E-state index in [-0.39, 0.29) is 5.91 Å². The van der Waals surface area contributed by atoms with E-state index in [0.29, 0.717) is 5.69 Å². The maximum atomic E-state index is 12.8. The van der Waals surface area contributed by atoms with Crippen molar-refractivity contribution >= 4 is 17.2 Å². The lowest BCUT2D eigenvalue weighted by Gasteiger charge is -2.22. The number of hydrogen-bond acceptors (Lipinski definition) is 5. The van der Waals surface area contributed by atoms with Crippen molar-refractivity contribution in [2.75, 3.05) is 26.2 Å². The topological polar surface area (TPSA) is 54.3 Å². The summed E-state index contributed by atoms with van der Waals surface area (Å²) in [5, 5.41) is 7.51. The minimum Gasteiger partial charge on any atom is -0.336 e. The molecule has 0 bridgehead atoms. The van der Waals surface area contributed by atoms with E-state index in [1.54, 1.807) is 17.5 Å². The third-order valence-corrected chi connectivity index (χ3v) is 5.12. The zero-order valence-corrected chi connectivity index (χ0v) is 15.3. The zero-order valence-electron chi connectivity index (χ0n) is 14.4. The Morgan fingerprint density at radius 2 is 2.17 bits per heavy atom. The van der Waals surface area contributed by atoms with E-state index in [1.807, 2.05) is 22.6 Å². The van der Waals surface area contributed by atoms with Crippen molar-refractivity contribution in [2.24, 2.45) is 0 Å². The van der Waals surface area contributed by atoms with Crippen LogP contribution in [0.1, 0.15) is 41.0 Å². The lowest BCUT2D eigenvalue weighted by Crippen LogP contribution is -2.36. The molecule has 1 aliphatic rings. The number of carbonyl (C=O) groups is 1. The summed E-state index contributed by atoms with van der Waals surface area (Å²) in [6, 6.07) is 1.83. The second kappa shape index (κ2) is 7.90. The second-order valence-corrected chi connectivity index (χ2v) is 7.28. The van der Waals surface area contributed by atoms with Gasteiger partial charge in [0.2, 0.25) is 0 Å². The van der Waals surface area contributed by atoms with Gasteiger partial charge in [-0.05, 0) is 25.8 Å². The van der Waals surface area contributed by atoms with Crippen LogP contribution in [0.5, 0.6) is 0 Å². The van der Waals surface area contributed by atoms with E-state index in [9.17, 15) is 4.79 Å². The van der Waals surface area contributed by atoms with Gasteiger partial charge in [-0.3, -0.25) is 14.4 Å². The zero-order chi connectivity index (χ0) is 16.9. The van der Waals surface area contributed by atoms with Crippen LogP contribution >= 0.6 is 11.3 Å². The molecule has 2 aromatic rings. The Labute approximate surface area is 147 Å². The number of amides is 1. The molecule has 24 heavy (non-hydrogen) atoms. The molecule has 130 valence electrons. The van der Waals surface area contributed by atoms with Gasteiger partial charge >= 0.3 is 0 Å². The molecule has 7 heteroatoms. The predicted molar refractivity (Wildman–Crippen MR) is 95.2 cm³/mol. The fourth-order valence-corrected chi connectivity index (χ4v) is 3.71. The third kappa shape index (κ3) is 4.02. The number of nitrogens with zero attached hydrogens (tertiary/aromatic N) is 5. The lowest BCUT2D eigenvalue weighted by atomic mass is 10.3. The molecule has 0 aromatic carbocycles. The van der Waals surface area contributed by atoms with Crippen molar-refractivity contribution in [3.8, 4) is 0 Å². The number of thiazole rings is 1. The highest BCUT2D eigenvalue weighted by molar-refractivity contribution is 7.09. The molecule has 3 rings (SSSR count). The smallest absolute Gasteiger partial charge is 0.272 e. The lowest BCUT2D eigenvalue weighted by molar-refractivity contribution is 0.0748. The van der Waals surface area contributed by atoms with E-state index in [4.69, 9.17) is 0 Å². The number of carbonyl (C=O) groups excluding carboxylic acids is 1. The minimum absolute atomic E-state index is 0.104. The largest absolute Gasteiger partial charge is 0.336 e. The fraction of sp³-hybridized carbons (Fsp3) is 0.588. The minimum atomic E-state index is 0.104. The Kier molecular flexibility index (Phi) is 5.63. The van der Waals surface area contributed by atoms with Gasteiger partial charge in [0.1, 0.15) is 5.69 Å². The van der Waals surface area contributed by atoms with Crippen LogP contribution in [0.25, 0.3) is 0 Å². The van der Waals surface area contributed by atoms with Gasteiger partial charge in [0.15, 0.2) is 0 Å². The molecule has 3 heterocycles. The summed E-state index contributed by atoms with van der Waals surface area (Å²) in [6.07, 6.45) is 3.69. The Bertz CT molecular complexity index is 680. The van der Waals surface area contributed by atoms with Crippen LogP contribution in [0.15, 0.2) is 17.6 Å². The maximum absolute atomic E-state index is 12.8. The number of aryl methyl sites for hydroxylation is 2. The van der Waals surface area contributed by atoms with Crippen molar-refractivity contribution in [1.29, 1.82) is 0 Å². The van der Waals surface area contributed by atoms with E-state index >= 15 is 0 Å². The standard InChI is InChI=1S/C17H25N5OS/c1-3-7-22-16(5-6-18-22)17(23)21-9-4-8-20(10-11-21)12-15-13-24-14(2)19-15/h5-6,13H,3-4,7-12H2,1-2H3. The van der Waals surface area contributed by atoms with Gasteiger partial charge in [0.05, 0.1) is 10.7 Å². The van der Waals surface area contributed by atoms with Crippen molar-refractivity contribution in [3.05, 3.63) is 34.0 Å². The van der Waals surface area contributed by atoms with Crippen LogP contribution in [0.4, 0.5) is 0 Å². The Morgan fingerprint density at radius 3 is 2.92 bits per heavy atom. The Balaban J connectivity index is 1.60. The highest BCUT2D eigenvalue weighted by Crippen LogP contribution is 2.14. The van der Waals surface area contributed by atoms with Crippen LogP contribution < -0.4 is 0 Å². The molecule has 2 aromatic heterocycles. The molecule has 1 fully saturated rings. The van der Waals surface area contributed by atoms with Crippen LogP contribution in [-0.4, -0.2) is 56.7 Å². The first-order valence-electron chi connectivity index (χ1n) is 8.62. The van der Waals surface area contributed by atoms with Crippen LogP contribution in [0, 0.1) is 6.92 Å². The molecule has 0 radical (unpaired) electrons. The molecule has 1 saturated heterocycles. The van der Waals surface area contributed by atoms with Gasteiger partial charge in [-0.1, -0.05) is 6.92 Å². The van der Waals surface area contributed by atoms with Crippen LogP contribution in [0.3, 0.4) is 0 Å². The van der Waals surface area contributed by atoms with Crippen molar-refractivity contribution in [2.45, 2.75) is 39.8 Å². The van der Waals surface area contributed by atoms with E-state index in [2.05, 4.69) is 27.3 Å². The monoisotopic (exact) mass is 347 g/mol. The molecule has 1 aliphatic heterocycles. The van der Waals surface area contributed by atoms with Crippen molar-refractivity contribution in [1.82, 2.24) is 24.6 Å². The molecule has 0 spiro atoms. The van der Waals surface area contributed by atoms with Crippen LogP contribution in [0.2, 0.25) is 0 Å². The first-order valence-corrected chi connectivity index (χ1v) is 9.49. The number of rotatable bonds is 5. The van der Waals surface area contributed by atoms with Crippen molar-refractivity contribution < 1.29 is 4.79 Å². The van der Waals surface area contributed by atoms with E-state index in [0.717, 1.165) is 62.8 Å². The summed E-state index contributed by atoms with van der Waals surface area (Å²) in [6.45, 7) is 9.27. The van der Waals surface area contributed by atoms with Crippen molar-refractivity contribution in [3.63, 3.8) is 0 Å². The summed E-state index contributed by atoms with van der Waals surface area (Å²) in [7, 11) is 0. The molecule has 0 aliphatic carbocycles. The second-order valence-electron chi connectivity index (χ2n) is 6.22. The van der Waals surface area contributed by atoms with Gasteiger partial charge in [-0.15, -0.1) is 11.3 Å². The molecule has 0 atom stereocenters.